The number of halogens is 4. The Labute approximate surface area is 143 Å². The first-order valence-electron chi connectivity index (χ1n) is 5.40. The molecular formula is C14H10Br2ClI. The molecule has 1 unspecified atom stereocenters. The van der Waals surface area contributed by atoms with E-state index < -0.39 is 0 Å². The largest absolute Gasteiger partial charge is 0.0835 e. The first kappa shape index (κ1) is 14.8. The van der Waals surface area contributed by atoms with E-state index >= 15 is 0 Å². The Hall–Kier alpha value is 0.420. The van der Waals surface area contributed by atoms with Crippen molar-refractivity contribution in [3.63, 3.8) is 0 Å². The van der Waals surface area contributed by atoms with E-state index in [1.165, 1.54) is 11.1 Å². The summed E-state index contributed by atoms with van der Waals surface area (Å²) in [7, 11) is 0. The molecule has 0 N–H and O–H groups in total. The van der Waals surface area contributed by atoms with Crippen molar-refractivity contribution in [2.24, 2.45) is 0 Å². The number of hydrogen-bond acceptors (Lipinski definition) is 0. The number of hydrogen-bond donors (Lipinski definition) is 0. The van der Waals surface area contributed by atoms with Crippen molar-refractivity contribution in [2.45, 2.75) is 11.2 Å². The molecule has 0 saturated heterocycles. The van der Waals surface area contributed by atoms with Gasteiger partial charge in [0.25, 0.3) is 0 Å². The first-order chi connectivity index (χ1) is 8.56. The van der Waals surface area contributed by atoms with Crippen molar-refractivity contribution in [1.82, 2.24) is 0 Å². The highest BCUT2D eigenvalue weighted by Crippen LogP contribution is 2.31. The molecule has 0 amide bonds. The summed E-state index contributed by atoms with van der Waals surface area (Å²) in [6.07, 6.45) is 0.941. The van der Waals surface area contributed by atoms with Crippen molar-refractivity contribution in [2.75, 3.05) is 0 Å². The van der Waals surface area contributed by atoms with Crippen molar-refractivity contribution in [3.05, 3.63) is 66.7 Å². The summed E-state index contributed by atoms with van der Waals surface area (Å²) in [5, 5.41) is 0.812. The van der Waals surface area contributed by atoms with Gasteiger partial charge in [-0.3, -0.25) is 0 Å². The maximum absolute atomic E-state index is 6.15. The third-order valence-corrected chi connectivity index (χ3v) is 5.53. The van der Waals surface area contributed by atoms with Crippen LogP contribution >= 0.6 is 66.1 Å². The summed E-state index contributed by atoms with van der Waals surface area (Å²) in [4.78, 5) is 0.279. The van der Waals surface area contributed by atoms with Gasteiger partial charge in [-0.25, -0.2) is 0 Å². The smallest absolute Gasteiger partial charge is 0.0542 e. The molecule has 0 spiro atoms. The Morgan fingerprint density at radius 3 is 2.61 bits per heavy atom. The fourth-order valence-corrected chi connectivity index (χ4v) is 3.33. The molecule has 0 radical (unpaired) electrons. The van der Waals surface area contributed by atoms with Crippen molar-refractivity contribution < 1.29 is 0 Å². The quantitative estimate of drug-likeness (QED) is 0.339. The van der Waals surface area contributed by atoms with Crippen LogP contribution in [0.2, 0.25) is 5.02 Å². The fraction of sp³-hybridized carbons (Fsp3) is 0.143. The van der Waals surface area contributed by atoms with E-state index in [1.807, 2.05) is 18.2 Å². The van der Waals surface area contributed by atoms with E-state index in [0.29, 0.717) is 0 Å². The Morgan fingerprint density at radius 2 is 1.94 bits per heavy atom. The molecule has 4 heteroatoms. The second-order valence-electron chi connectivity index (χ2n) is 3.98. The lowest BCUT2D eigenvalue weighted by Gasteiger charge is -2.11. The standard InChI is InChI=1S/C14H10Br2ClI/c15-11-3-1-2-9(6-11)7-12(16)10-4-5-14(18)13(17)8-10/h1-6,8,12H,7H2. The van der Waals surface area contributed by atoms with Crippen molar-refractivity contribution >= 4 is 66.1 Å². The summed E-state index contributed by atoms with van der Waals surface area (Å²) in [6.45, 7) is 0. The Morgan fingerprint density at radius 1 is 1.17 bits per heavy atom. The molecular weight excluding hydrogens is 490 g/mol. The average molecular weight is 500 g/mol. The summed E-state index contributed by atoms with van der Waals surface area (Å²) in [5.74, 6) is 0. The molecule has 0 fully saturated rings. The molecule has 0 aliphatic heterocycles. The lowest BCUT2D eigenvalue weighted by Crippen LogP contribution is -1.96. The molecule has 0 aromatic heterocycles. The highest BCUT2D eigenvalue weighted by molar-refractivity contribution is 14.1. The predicted octanol–water partition coefficient (Wildman–Crippen LogP) is 6.39. The van der Waals surface area contributed by atoms with Gasteiger partial charge in [0, 0.05) is 12.9 Å². The molecule has 1 atom stereocenters. The Kier molecular flexibility index (Phi) is 5.54. The van der Waals surface area contributed by atoms with Crippen LogP contribution in [0, 0.1) is 3.57 Å². The molecule has 0 bridgehead atoms. The second-order valence-corrected chi connectivity index (χ2v) is 7.57. The topological polar surface area (TPSA) is 0 Å². The molecule has 2 aromatic carbocycles. The fourth-order valence-electron chi connectivity index (χ4n) is 1.70. The van der Waals surface area contributed by atoms with Crippen LogP contribution in [0.5, 0.6) is 0 Å². The third kappa shape index (κ3) is 3.95. The van der Waals surface area contributed by atoms with Gasteiger partial charge in [-0.1, -0.05) is 61.7 Å². The molecule has 2 rings (SSSR count). The Balaban J connectivity index is 2.16. The minimum absolute atomic E-state index is 0.279. The Bertz CT molecular complexity index is 557. The number of rotatable bonds is 3. The van der Waals surface area contributed by atoms with Gasteiger partial charge in [0.05, 0.1) is 5.02 Å². The van der Waals surface area contributed by atoms with Crippen LogP contribution in [-0.2, 0) is 6.42 Å². The lowest BCUT2D eigenvalue weighted by molar-refractivity contribution is 0.947. The third-order valence-electron chi connectivity index (χ3n) is 2.61. The van der Waals surface area contributed by atoms with E-state index in [2.05, 4.69) is 78.7 Å². The average Bonchev–Trinajstić information content (AvgIpc) is 2.32. The van der Waals surface area contributed by atoms with Gasteiger partial charge in [-0.2, -0.15) is 0 Å². The molecule has 94 valence electrons. The molecule has 0 aliphatic carbocycles. The number of alkyl halides is 1. The molecule has 0 saturated carbocycles. The first-order valence-corrected chi connectivity index (χ1v) is 8.56. The maximum Gasteiger partial charge on any atom is 0.0542 e. The summed E-state index contributed by atoms with van der Waals surface area (Å²) < 4.78 is 2.19. The van der Waals surface area contributed by atoms with Crippen LogP contribution in [-0.4, -0.2) is 0 Å². The highest BCUT2D eigenvalue weighted by Gasteiger charge is 2.10. The van der Waals surface area contributed by atoms with Gasteiger partial charge in [0.2, 0.25) is 0 Å². The SMILES string of the molecule is Clc1cc(C(Br)Cc2cccc(Br)c2)ccc1I. The van der Waals surface area contributed by atoms with Crippen LogP contribution in [0.3, 0.4) is 0 Å². The highest BCUT2D eigenvalue weighted by atomic mass is 127. The zero-order valence-electron chi connectivity index (χ0n) is 9.34. The van der Waals surface area contributed by atoms with E-state index in [9.17, 15) is 0 Å². The molecule has 0 nitrogen and oxygen atoms in total. The van der Waals surface area contributed by atoms with Gasteiger partial charge < -0.3 is 0 Å². The minimum atomic E-state index is 0.279. The maximum atomic E-state index is 6.15. The zero-order valence-corrected chi connectivity index (χ0v) is 15.4. The van der Waals surface area contributed by atoms with E-state index in [4.69, 9.17) is 11.6 Å². The summed E-state index contributed by atoms with van der Waals surface area (Å²) >= 11 is 15.6. The number of benzene rings is 2. The van der Waals surface area contributed by atoms with Gasteiger partial charge >= 0.3 is 0 Å². The van der Waals surface area contributed by atoms with Crippen LogP contribution in [0.25, 0.3) is 0 Å². The van der Waals surface area contributed by atoms with E-state index in [1.54, 1.807) is 0 Å². The molecule has 2 aromatic rings. The molecule has 18 heavy (non-hydrogen) atoms. The van der Waals surface area contributed by atoms with Gasteiger partial charge in [0.15, 0.2) is 0 Å². The van der Waals surface area contributed by atoms with Gasteiger partial charge in [-0.15, -0.1) is 0 Å². The molecule has 0 aliphatic rings. The van der Waals surface area contributed by atoms with Crippen LogP contribution < -0.4 is 0 Å². The van der Waals surface area contributed by atoms with E-state index in [-0.39, 0.29) is 4.83 Å². The van der Waals surface area contributed by atoms with Crippen molar-refractivity contribution in [1.29, 1.82) is 0 Å². The monoisotopic (exact) mass is 498 g/mol. The van der Waals surface area contributed by atoms with Gasteiger partial charge in [-0.05, 0) is 64.4 Å². The summed E-state index contributed by atoms with van der Waals surface area (Å²) in [5.41, 5.74) is 2.50. The normalized spacial score (nSPS) is 12.4. The summed E-state index contributed by atoms with van der Waals surface area (Å²) in [6, 6.07) is 14.6. The van der Waals surface area contributed by atoms with E-state index in [0.717, 1.165) is 19.5 Å². The minimum Gasteiger partial charge on any atom is -0.0835 e. The van der Waals surface area contributed by atoms with Gasteiger partial charge in [0.1, 0.15) is 0 Å². The predicted molar refractivity (Wildman–Crippen MR) is 93.7 cm³/mol. The van der Waals surface area contributed by atoms with Crippen LogP contribution in [0.1, 0.15) is 16.0 Å². The molecule has 0 heterocycles. The van der Waals surface area contributed by atoms with Crippen molar-refractivity contribution in [3.8, 4) is 0 Å². The van der Waals surface area contributed by atoms with Crippen LogP contribution in [0.15, 0.2) is 46.9 Å². The lowest BCUT2D eigenvalue weighted by atomic mass is 10.0. The zero-order chi connectivity index (χ0) is 13.1. The second kappa shape index (κ2) is 6.73. The van der Waals surface area contributed by atoms with Crippen LogP contribution in [0.4, 0.5) is 0 Å².